The molecule has 0 radical (unpaired) electrons. The van der Waals surface area contributed by atoms with Gasteiger partial charge in [-0.2, -0.15) is 0 Å². The number of ether oxygens (including phenoxy) is 1. The van der Waals surface area contributed by atoms with Crippen LogP contribution in [0, 0.1) is 0 Å². The normalized spacial score (nSPS) is 13.8. The van der Waals surface area contributed by atoms with Gasteiger partial charge in [0.05, 0.1) is 11.6 Å². The lowest BCUT2D eigenvalue weighted by molar-refractivity contribution is -0.0298. The van der Waals surface area contributed by atoms with E-state index in [2.05, 4.69) is 31.2 Å². The van der Waals surface area contributed by atoms with Crippen molar-refractivity contribution < 1.29 is 4.74 Å². The molecule has 0 aliphatic heterocycles. The van der Waals surface area contributed by atoms with Crippen molar-refractivity contribution in [3.63, 3.8) is 0 Å². The Morgan fingerprint density at radius 2 is 2.00 bits per heavy atom. The zero-order valence-electron chi connectivity index (χ0n) is 10.8. The highest BCUT2D eigenvalue weighted by Gasteiger charge is 2.28. The van der Waals surface area contributed by atoms with Gasteiger partial charge in [-0.25, -0.2) is 0 Å². The molecule has 0 spiro atoms. The molecule has 1 atom stereocenters. The summed E-state index contributed by atoms with van der Waals surface area (Å²) in [6, 6.07) is 8.36. The predicted molar refractivity (Wildman–Crippen MR) is 68.5 cm³/mol. The standard InChI is InChI=1S/C14H23NO/c1-5-11-8-7-9-12(10-11)13(15)14(3,4)16-6-2/h7-10,13H,5-6,15H2,1-4H3. The number of benzene rings is 1. The fourth-order valence-corrected chi connectivity index (χ4v) is 1.87. The molecule has 1 rings (SSSR count). The van der Waals surface area contributed by atoms with Crippen LogP contribution in [0.1, 0.15) is 44.9 Å². The van der Waals surface area contributed by atoms with Crippen LogP contribution in [0.3, 0.4) is 0 Å². The Balaban J connectivity index is 2.90. The van der Waals surface area contributed by atoms with Gasteiger partial charge in [-0.15, -0.1) is 0 Å². The Kier molecular flexibility index (Phi) is 4.51. The Morgan fingerprint density at radius 3 is 2.56 bits per heavy atom. The molecular formula is C14H23NO. The lowest BCUT2D eigenvalue weighted by Crippen LogP contribution is -2.38. The van der Waals surface area contributed by atoms with Crippen LogP contribution >= 0.6 is 0 Å². The van der Waals surface area contributed by atoms with Crippen LogP contribution in [0.2, 0.25) is 0 Å². The number of nitrogens with two attached hydrogens (primary N) is 1. The molecule has 1 aromatic carbocycles. The van der Waals surface area contributed by atoms with Crippen LogP contribution in [0.4, 0.5) is 0 Å². The van der Waals surface area contributed by atoms with Crippen LogP contribution in [-0.4, -0.2) is 12.2 Å². The van der Waals surface area contributed by atoms with Crippen molar-refractivity contribution in [3.8, 4) is 0 Å². The maximum atomic E-state index is 6.26. The highest BCUT2D eigenvalue weighted by molar-refractivity contribution is 5.27. The first kappa shape index (κ1) is 13.2. The van der Waals surface area contributed by atoms with Gasteiger partial charge in [0.25, 0.3) is 0 Å². The minimum Gasteiger partial charge on any atom is -0.374 e. The third-order valence-electron chi connectivity index (χ3n) is 2.98. The summed E-state index contributed by atoms with van der Waals surface area (Å²) < 4.78 is 5.69. The van der Waals surface area contributed by atoms with Gasteiger partial charge in [0.15, 0.2) is 0 Å². The maximum Gasteiger partial charge on any atom is 0.0818 e. The predicted octanol–water partition coefficient (Wildman–Crippen LogP) is 3.06. The smallest absolute Gasteiger partial charge is 0.0818 e. The highest BCUT2D eigenvalue weighted by Crippen LogP contribution is 2.27. The van der Waals surface area contributed by atoms with Crippen molar-refractivity contribution >= 4 is 0 Å². The molecule has 1 unspecified atom stereocenters. The van der Waals surface area contributed by atoms with E-state index in [4.69, 9.17) is 10.5 Å². The Bertz CT molecular complexity index is 333. The number of rotatable bonds is 5. The van der Waals surface area contributed by atoms with Gasteiger partial charge in [-0.3, -0.25) is 0 Å². The molecule has 0 amide bonds. The van der Waals surface area contributed by atoms with E-state index in [1.807, 2.05) is 20.8 Å². The van der Waals surface area contributed by atoms with Gasteiger partial charge < -0.3 is 10.5 Å². The topological polar surface area (TPSA) is 35.2 Å². The molecule has 16 heavy (non-hydrogen) atoms. The van der Waals surface area contributed by atoms with E-state index in [-0.39, 0.29) is 11.6 Å². The van der Waals surface area contributed by atoms with Gasteiger partial charge in [-0.1, -0.05) is 31.2 Å². The zero-order chi connectivity index (χ0) is 12.2. The Hall–Kier alpha value is -0.860. The summed E-state index contributed by atoms with van der Waals surface area (Å²) >= 11 is 0. The molecule has 0 aliphatic carbocycles. The van der Waals surface area contributed by atoms with Crippen molar-refractivity contribution in [1.29, 1.82) is 0 Å². The van der Waals surface area contributed by atoms with E-state index >= 15 is 0 Å². The van der Waals surface area contributed by atoms with Crippen LogP contribution < -0.4 is 5.73 Å². The van der Waals surface area contributed by atoms with Crippen molar-refractivity contribution in [2.45, 2.75) is 45.8 Å². The molecule has 2 N–H and O–H groups in total. The summed E-state index contributed by atoms with van der Waals surface area (Å²) in [6.45, 7) is 8.92. The fourth-order valence-electron chi connectivity index (χ4n) is 1.87. The summed E-state index contributed by atoms with van der Waals surface area (Å²) in [7, 11) is 0. The lowest BCUT2D eigenvalue weighted by Gasteiger charge is -2.31. The van der Waals surface area contributed by atoms with Crippen molar-refractivity contribution in [2.24, 2.45) is 5.73 Å². The molecule has 0 saturated carbocycles. The number of hydrogen-bond donors (Lipinski definition) is 1. The third-order valence-corrected chi connectivity index (χ3v) is 2.98. The van der Waals surface area contributed by atoms with Gasteiger partial charge in [-0.05, 0) is 38.3 Å². The molecule has 0 aliphatic rings. The fraction of sp³-hybridized carbons (Fsp3) is 0.571. The molecule has 0 bridgehead atoms. The van der Waals surface area contributed by atoms with Gasteiger partial charge in [0, 0.05) is 6.61 Å². The second-order valence-electron chi connectivity index (χ2n) is 4.61. The minimum atomic E-state index is -0.318. The van der Waals surface area contributed by atoms with Crippen molar-refractivity contribution in [1.82, 2.24) is 0 Å². The van der Waals surface area contributed by atoms with Crippen molar-refractivity contribution in [3.05, 3.63) is 35.4 Å². The van der Waals surface area contributed by atoms with E-state index in [9.17, 15) is 0 Å². The first-order valence-corrected chi connectivity index (χ1v) is 5.99. The SMILES string of the molecule is CCOC(C)(C)C(N)c1cccc(CC)c1. The summed E-state index contributed by atoms with van der Waals surface area (Å²) in [5, 5.41) is 0. The summed E-state index contributed by atoms with van der Waals surface area (Å²) in [6.07, 6.45) is 1.04. The van der Waals surface area contributed by atoms with Crippen LogP contribution in [-0.2, 0) is 11.2 Å². The number of hydrogen-bond acceptors (Lipinski definition) is 2. The molecule has 1 aromatic rings. The lowest BCUT2D eigenvalue weighted by atomic mass is 9.91. The maximum absolute atomic E-state index is 6.26. The number of aryl methyl sites for hydroxylation is 1. The summed E-state index contributed by atoms with van der Waals surface area (Å²) in [4.78, 5) is 0. The van der Waals surface area contributed by atoms with Gasteiger partial charge in [0.2, 0.25) is 0 Å². The first-order chi connectivity index (χ1) is 7.51. The molecule has 0 heterocycles. The quantitative estimate of drug-likeness (QED) is 0.829. The molecule has 90 valence electrons. The molecule has 0 fully saturated rings. The average Bonchev–Trinajstić information content (AvgIpc) is 2.28. The van der Waals surface area contributed by atoms with E-state index in [0.29, 0.717) is 6.61 Å². The largest absolute Gasteiger partial charge is 0.374 e. The van der Waals surface area contributed by atoms with E-state index in [0.717, 1.165) is 12.0 Å². The molecule has 2 heteroatoms. The molecule has 2 nitrogen and oxygen atoms in total. The second kappa shape index (κ2) is 5.46. The van der Waals surface area contributed by atoms with E-state index in [1.165, 1.54) is 5.56 Å². The highest BCUT2D eigenvalue weighted by atomic mass is 16.5. The Labute approximate surface area is 98.8 Å². The van der Waals surface area contributed by atoms with Gasteiger partial charge >= 0.3 is 0 Å². The first-order valence-electron chi connectivity index (χ1n) is 5.99. The average molecular weight is 221 g/mol. The summed E-state index contributed by atoms with van der Waals surface area (Å²) in [5.74, 6) is 0. The van der Waals surface area contributed by atoms with Crippen LogP contribution in [0.5, 0.6) is 0 Å². The van der Waals surface area contributed by atoms with E-state index in [1.54, 1.807) is 0 Å². The van der Waals surface area contributed by atoms with Crippen molar-refractivity contribution in [2.75, 3.05) is 6.61 Å². The second-order valence-corrected chi connectivity index (χ2v) is 4.61. The van der Waals surface area contributed by atoms with E-state index < -0.39 is 0 Å². The summed E-state index contributed by atoms with van der Waals surface area (Å²) in [5.41, 5.74) is 8.41. The van der Waals surface area contributed by atoms with Gasteiger partial charge in [0.1, 0.15) is 0 Å². The third kappa shape index (κ3) is 3.06. The molecular weight excluding hydrogens is 198 g/mol. The van der Waals surface area contributed by atoms with Crippen LogP contribution in [0.25, 0.3) is 0 Å². The molecule has 0 saturated heterocycles. The minimum absolute atomic E-state index is 0.0843. The monoisotopic (exact) mass is 221 g/mol. The van der Waals surface area contributed by atoms with Crippen LogP contribution in [0.15, 0.2) is 24.3 Å². The molecule has 0 aromatic heterocycles. The Morgan fingerprint density at radius 1 is 1.31 bits per heavy atom. The zero-order valence-corrected chi connectivity index (χ0v) is 10.8.